The Balaban J connectivity index is 1.74. The summed E-state index contributed by atoms with van der Waals surface area (Å²) in [5, 5.41) is 0. The molecule has 0 spiro atoms. The summed E-state index contributed by atoms with van der Waals surface area (Å²) in [6.07, 6.45) is 1.62. The molecule has 1 amide bonds. The molecule has 0 saturated carbocycles. The first-order valence-electron chi connectivity index (χ1n) is 9.66. The lowest BCUT2D eigenvalue weighted by Gasteiger charge is -2.21. The SMILES string of the molecule is COc1cc(C)c(CN(C)C(=O)c2ccc(N(C)c3ccccc3)nc2)cc1OC. The number of hydrogen-bond acceptors (Lipinski definition) is 5. The van der Waals surface area contributed by atoms with Crippen LogP contribution in [0.25, 0.3) is 0 Å². The van der Waals surface area contributed by atoms with Gasteiger partial charge in [-0.15, -0.1) is 0 Å². The molecule has 1 heterocycles. The van der Waals surface area contributed by atoms with Crippen molar-refractivity contribution in [2.75, 3.05) is 33.2 Å². The van der Waals surface area contributed by atoms with Crippen molar-refractivity contribution in [1.82, 2.24) is 9.88 Å². The number of amides is 1. The first-order chi connectivity index (χ1) is 14.4. The van der Waals surface area contributed by atoms with E-state index in [1.807, 2.05) is 73.5 Å². The van der Waals surface area contributed by atoms with Gasteiger partial charge in [0.25, 0.3) is 5.91 Å². The van der Waals surface area contributed by atoms with Crippen LogP contribution in [-0.4, -0.2) is 44.1 Å². The molecule has 156 valence electrons. The van der Waals surface area contributed by atoms with Crippen molar-refractivity contribution in [3.8, 4) is 11.5 Å². The number of carbonyl (C=O) groups is 1. The van der Waals surface area contributed by atoms with Gasteiger partial charge in [-0.05, 0) is 54.4 Å². The Morgan fingerprint density at radius 3 is 2.23 bits per heavy atom. The standard InChI is InChI=1S/C24H27N3O3/c1-17-13-21(29-4)22(30-5)14-19(17)16-26(2)24(28)18-11-12-23(25-15-18)27(3)20-9-7-6-8-10-20/h6-15H,16H2,1-5H3. The second-order valence-electron chi connectivity index (χ2n) is 7.09. The zero-order chi connectivity index (χ0) is 21.7. The minimum absolute atomic E-state index is 0.0920. The fraction of sp³-hybridized carbons (Fsp3) is 0.250. The molecule has 3 aromatic rings. The van der Waals surface area contributed by atoms with Crippen LogP contribution < -0.4 is 14.4 Å². The highest BCUT2D eigenvalue weighted by molar-refractivity contribution is 5.94. The number of hydrogen-bond donors (Lipinski definition) is 0. The lowest BCUT2D eigenvalue weighted by atomic mass is 10.1. The summed E-state index contributed by atoms with van der Waals surface area (Å²) in [6.45, 7) is 2.45. The van der Waals surface area contributed by atoms with E-state index in [0.717, 1.165) is 22.6 Å². The van der Waals surface area contributed by atoms with Gasteiger partial charge in [0, 0.05) is 32.5 Å². The van der Waals surface area contributed by atoms with Crippen molar-refractivity contribution in [3.63, 3.8) is 0 Å². The van der Waals surface area contributed by atoms with E-state index in [9.17, 15) is 4.79 Å². The number of benzene rings is 2. The van der Waals surface area contributed by atoms with Crippen molar-refractivity contribution in [3.05, 3.63) is 77.5 Å². The average molecular weight is 405 g/mol. The molecule has 0 fully saturated rings. The Labute approximate surface area is 177 Å². The molecule has 1 aromatic heterocycles. The van der Waals surface area contributed by atoms with E-state index >= 15 is 0 Å². The van der Waals surface area contributed by atoms with Crippen molar-refractivity contribution in [2.24, 2.45) is 0 Å². The molecule has 0 unspecified atom stereocenters. The molecule has 0 atom stereocenters. The van der Waals surface area contributed by atoms with Crippen molar-refractivity contribution in [1.29, 1.82) is 0 Å². The zero-order valence-corrected chi connectivity index (χ0v) is 18.0. The van der Waals surface area contributed by atoms with Gasteiger partial charge in [-0.1, -0.05) is 18.2 Å². The summed E-state index contributed by atoms with van der Waals surface area (Å²) < 4.78 is 10.7. The number of ether oxygens (including phenoxy) is 2. The number of aryl methyl sites for hydroxylation is 1. The number of methoxy groups -OCH3 is 2. The Morgan fingerprint density at radius 1 is 0.967 bits per heavy atom. The van der Waals surface area contributed by atoms with E-state index in [1.165, 1.54) is 0 Å². The van der Waals surface area contributed by atoms with Gasteiger partial charge < -0.3 is 19.3 Å². The first-order valence-corrected chi connectivity index (χ1v) is 9.66. The van der Waals surface area contributed by atoms with E-state index < -0.39 is 0 Å². The average Bonchev–Trinajstić information content (AvgIpc) is 2.79. The fourth-order valence-electron chi connectivity index (χ4n) is 3.24. The number of para-hydroxylation sites is 1. The maximum Gasteiger partial charge on any atom is 0.255 e. The fourth-order valence-corrected chi connectivity index (χ4v) is 3.24. The number of anilines is 2. The van der Waals surface area contributed by atoms with Crippen LogP contribution in [0.15, 0.2) is 60.8 Å². The normalized spacial score (nSPS) is 10.4. The van der Waals surface area contributed by atoms with Crippen LogP contribution >= 0.6 is 0 Å². The van der Waals surface area contributed by atoms with Crippen LogP contribution in [0, 0.1) is 6.92 Å². The lowest BCUT2D eigenvalue weighted by molar-refractivity contribution is 0.0784. The second kappa shape index (κ2) is 9.31. The van der Waals surface area contributed by atoms with Crippen LogP contribution in [0.3, 0.4) is 0 Å². The summed E-state index contributed by atoms with van der Waals surface area (Å²) in [5.41, 5.74) is 3.60. The largest absolute Gasteiger partial charge is 0.493 e. The quantitative estimate of drug-likeness (QED) is 0.581. The zero-order valence-electron chi connectivity index (χ0n) is 18.0. The van der Waals surface area contributed by atoms with Gasteiger partial charge in [0.15, 0.2) is 11.5 Å². The monoisotopic (exact) mass is 405 g/mol. The third-order valence-electron chi connectivity index (χ3n) is 5.08. The maximum atomic E-state index is 12.9. The van der Waals surface area contributed by atoms with E-state index in [-0.39, 0.29) is 5.91 Å². The number of nitrogens with zero attached hydrogens (tertiary/aromatic N) is 3. The van der Waals surface area contributed by atoms with Crippen molar-refractivity contribution >= 4 is 17.4 Å². The summed E-state index contributed by atoms with van der Waals surface area (Å²) in [7, 11) is 6.94. The van der Waals surface area contributed by atoms with Crippen molar-refractivity contribution < 1.29 is 14.3 Å². The second-order valence-corrected chi connectivity index (χ2v) is 7.09. The Bertz CT molecular complexity index is 1000. The number of aromatic nitrogens is 1. The predicted octanol–water partition coefficient (Wildman–Crippen LogP) is 4.45. The molecule has 0 aliphatic rings. The van der Waals surface area contributed by atoms with Gasteiger partial charge in [-0.25, -0.2) is 4.98 Å². The van der Waals surface area contributed by atoms with E-state index in [2.05, 4.69) is 4.98 Å². The molecule has 0 saturated heterocycles. The minimum Gasteiger partial charge on any atom is -0.493 e. The van der Waals surface area contributed by atoms with Gasteiger partial charge in [0.05, 0.1) is 19.8 Å². The first kappa shape index (κ1) is 21.2. The Morgan fingerprint density at radius 2 is 1.63 bits per heavy atom. The predicted molar refractivity (Wildman–Crippen MR) is 119 cm³/mol. The van der Waals surface area contributed by atoms with Crippen LogP contribution in [0.2, 0.25) is 0 Å². The van der Waals surface area contributed by atoms with Gasteiger partial charge in [-0.2, -0.15) is 0 Å². The Kier molecular flexibility index (Phi) is 6.57. The molecule has 0 N–H and O–H groups in total. The smallest absolute Gasteiger partial charge is 0.255 e. The highest BCUT2D eigenvalue weighted by Gasteiger charge is 2.16. The van der Waals surface area contributed by atoms with Crippen molar-refractivity contribution in [2.45, 2.75) is 13.5 Å². The summed E-state index contributed by atoms with van der Waals surface area (Å²) >= 11 is 0. The molecular formula is C24H27N3O3. The highest BCUT2D eigenvalue weighted by atomic mass is 16.5. The Hall–Kier alpha value is -3.54. The van der Waals surface area contributed by atoms with Crippen LogP contribution in [0.1, 0.15) is 21.5 Å². The number of pyridine rings is 1. The summed E-state index contributed by atoms with van der Waals surface area (Å²) in [5.74, 6) is 2.01. The highest BCUT2D eigenvalue weighted by Crippen LogP contribution is 2.31. The molecule has 3 rings (SSSR count). The molecular weight excluding hydrogens is 378 g/mol. The van der Waals surface area contributed by atoms with Gasteiger partial charge in [-0.3, -0.25) is 4.79 Å². The third-order valence-corrected chi connectivity index (χ3v) is 5.08. The van der Waals surface area contributed by atoms with E-state index in [1.54, 1.807) is 32.4 Å². The molecule has 0 radical (unpaired) electrons. The van der Waals surface area contributed by atoms with E-state index in [0.29, 0.717) is 23.6 Å². The summed E-state index contributed by atoms with van der Waals surface area (Å²) in [4.78, 5) is 21.0. The minimum atomic E-state index is -0.0920. The molecule has 6 heteroatoms. The molecule has 0 bridgehead atoms. The van der Waals surface area contributed by atoms with Gasteiger partial charge in [0.2, 0.25) is 0 Å². The lowest BCUT2D eigenvalue weighted by Crippen LogP contribution is -2.26. The van der Waals surface area contributed by atoms with E-state index in [4.69, 9.17) is 9.47 Å². The number of carbonyl (C=O) groups excluding carboxylic acids is 1. The summed E-state index contributed by atoms with van der Waals surface area (Å²) in [6, 6.07) is 17.5. The van der Waals surface area contributed by atoms with Crippen LogP contribution in [-0.2, 0) is 6.54 Å². The third kappa shape index (κ3) is 4.54. The molecule has 6 nitrogen and oxygen atoms in total. The molecule has 0 aliphatic heterocycles. The van der Waals surface area contributed by atoms with Crippen LogP contribution in [0.4, 0.5) is 11.5 Å². The van der Waals surface area contributed by atoms with Gasteiger partial charge in [0.1, 0.15) is 5.82 Å². The van der Waals surface area contributed by atoms with Gasteiger partial charge >= 0.3 is 0 Å². The topological polar surface area (TPSA) is 54.9 Å². The molecule has 0 aliphatic carbocycles. The molecule has 30 heavy (non-hydrogen) atoms. The maximum absolute atomic E-state index is 12.9. The molecule has 2 aromatic carbocycles. The van der Waals surface area contributed by atoms with Crippen LogP contribution in [0.5, 0.6) is 11.5 Å². The number of rotatable bonds is 7.